The fourth-order valence-electron chi connectivity index (χ4n) is 1.95. The van der Waals surface area contributed by atoms with Crippen LogP contribution in [0.1, 0.15) is 11.4 Å². The van der Waals surface area contributed by atoms with Crippen LogP contribution in [0.25, 0.3) is 11.0 Å². The molecule has 2 heterocycles. The summed E-state index contributed by atoms with van der Waals surface area (Å²) in [6.45, 7) is 2.26. The highest BCUT2D eigenvalue weighted by molar-refractivity contribution is 9.10. The van der Waals surface area contributed by atoms with Gasteiger partial charge in [-0.1, -0.05) is 27.5 Å². The first-order valence-electron chi connectivity index (χ1n) is 6.27. The maximum Gasteiger partial charge on any atom is 0.170 e. The molecule has 2 aromatic heterocycles. The van der Waals surface area contributed by atoms with E-state index >= 15 is 0 Å². The van der Waals surface area contributed by atoms with Gasteiger partial charge in [0, 0.05) is 11.5 Å². The number of ether oxygens (including phenoxy) is 1. The van der Waals surface area contributed by atoms with Gasteiger partial charge in [0.05, 0.1) is 11.6 Å². The van der Waals surface area contributed by atoms with E-state index in [-0.39, 0.29) is 6.61 Å². The highest BCUT2D eigenvalue weighted by Crippen LogP contribution is 2.23. The van der Waals surface area contributed by atoms with Crippen LogP contribution in [0, 0.1) is 6.92 Å². The van der Waals surface area contributed by atoms with Crippen molar-refractivity contribution >= 4 is 38.6 Å². The molecule has 0 amide bonds. The first-order valence-corrected chi connectivity index (χ1v) is 7.45. The van der Waals surface area contributed by atoms with E-state index in [2.05, 4.69) is 31.0 Å². The van der Waals surface area contributed by atoms with Gasteiger partial charge >= 0.3 is 0 Å². The normalized spacial score (nSPS) is 11.0. The Morgan fingerprint density at radius 2 is 2.14 bits per heavy atom. The maximum atomic E-state index is 6.14. The van der Waals surface area contributed by atoms with E-state index in [0.29, 0.717) is 16.6 Å². The Labute approximate surface area is 135 Å². The Hall–Kier alpha value is -1.66. The van der Waals surface area contributed by atoms with E-state index in [1.54, 1.807) is 10.9 Å². The van der Waals surface area contributed by atoms with Gasteiger partial charge in [0.25, 0.3) is 0 Å². The van der Waals surface area contributed by atoms with Gasteiger partial charge in [-0.3, -0.25) is 4.68 Å². The van der Waals surface area contributed by atoms with E-state index in [1.807, 2.05) is 32.2 Å². The first kappa shape index (κ1) is 14.3. The molecule has 7 heteroatoms. The molecule has 0 unspecified atom stereocenters. The number of hydrogen-bond acceptors (Lipinski definition) is 4. The van der Waals surface area contributed by atoms with Crippen LogP contribution in [-0.2, 0) is 13.7 Å². The number of aromatic nitrogens is 4. The van der Waals surface area contributed by atoms with Gasteiger partial charge in [-0.25, -0.2) is 9.97 Å². The van der Waals surface area contributed by atoms with Crippen LogP contribution in [0.4, 0.5) is 0 Å². The summed E-state index contributed by atoms with van der Waals surface area (Å²) in [5, 5.41) is 5.25. The highest BCUT2D eigenvalue weighted by Gasteiger charge is 2.10. The molecule has 0 aliphatic rings. The number of hydrogen-bond donors (Lipinski definition) is 0. The third kappa shape index (κ3) is 2.87. The zero-order valence-corrected chi connectivity index (χ0v) is 13.8. The predicted octanol–water partition coefficient (Wildman–Crippen LogP) is 3.67. The van der Waals surface area contributed by atoms with Crippen LogP contribution < -0.4 is 4.74 Å². The van der Waals surface area contributed by atoms with Gasteiger partial charge in [-0.15, -0.1) is 0 Å². The third-order valence-corrected chi connectivity index (χ3v) is 4.27. The number of nitrogens with zero attached hydrogens (tertiary/aromatic N) is 4. The van der Waals surface area contributed by atoms with Crippen molar-refractivity contribution in [1.82, 2.24) is 19.7 Å². The van der Waals surface area contributed by atoms with Crippen molar-refractivity contribution in [2.24, 2.45) is 7.05 Å². The number of rotatable bonds is 3. The van der Waals surface area contributed by atoms with Crippen LogP contribution in [0.2, 0.25) is 5.15 Å². The summed E-state index contributed by atoms with van der Waals surface area (Å²) in [5.41, 5.74) is 1.80. The Kier molecular flexibility index (Phi) is 3.82. The average molecular weight is 368 g/mol. The lowest BCUT2D eigenvalue weighted by atomic mass is 10.2. The zero-order valence-electron chi connectivity index (χ0n) is 11.5. The van der Waals surface area contributed by atoms with Crippen molar-refractivity contribution in [3.8, 4) is 5.75 Å². The Bertz CT molecular complexity index is 818. The summed E-state index contributed by atoms with van der Waals surface area (Å²) < 4.78 is 8.42. The molecule has 0 aliphatic heterocycles. The molecule has 0 N–H and O–H groups in total. The van der Waals surface area contributed by atoms with Crippen molar-refractivity contribution in [1.29, 1.82) is 0 Å². The summed E-state index contributed by atoms with van der Waals surface area (Å²) in [4.78, 5) is 8.66. The lowest BCUT2D eigenvalue weighted by Crippen LogP contribution is -2.04. The maximum absolute atomic E-state index is 6.14. The van der Waals surface area contributed by atoms with Crippen molar-refractivity contribution in [2.45, 2.75) is 13.5 Å². The monoisotopic (exact) mass is 366 g/mol. The number of benzene rings is 1. The lowest BCUT2D eigenvalue weighted by molar-refractivity contribution is 0.296. The highest BCUT2D eigenvalue weighted by atomic mass is 79.9. The second-order valence-electron chi connectivity index (χ2n) is 4.64. The molecule has 21 heavy (non-hydrogen) atoms. The molecule has 0 bridgehead atoms. The molecule has 0 aliphatic carbocycles. The largest absolute Gasteiger partial charge is 0.486 e. The molecule has 0 saturated carbocycles. The molecule has 1 aromatic carbocycles. The number of fused-ring (bicyclic) bond motifs is 1. The van der Waals surface area contributed by atoms with Crippen LogP contribution >= 0.6 is 27.5 Å². The van der Waals surface area contributed by atoms with E-state index in [1.165, 1.54) is 0 Å². The minimum atomic E-state index is 0.252. The topological polar surface area (TPSA) is 52.8 Å². The Morgan fingerprint density at radius 1 is 1.33 bits per heavy atom. The SMILES string of the molecule is Cc1cc(OCc2nc(Cl)c3cnn(C)c3n2)ccc1Br. The van der Waals surface area contributed by atoms with Gasteiger partial charge in [-0.2, -0.15) is 5.10 Å². The molecule has 108 valence electrons. The summed E-state index contributed by atoms with van der Waals surface area (Å²) in [5.74, 6) is 1.29. The van der Waals surface area contributed by atoms with Crippen LogP contribution in [0.3, 0.4) is 0 Å². The Morgan fingerprint density at radius 3 is 2.90 bits per heavy atom. The minimum absolute atomic E-state index is 0.252. The van der Waals surface area contributed by atoms with Crippen LogP contribution in [0.5, 0.6) is 5.75 Å². The fraction of sp³-hybridized carbons (Fsp3) is 0.214. The van der Waals surface area contributed by atoms with E-state index in [0.717, 1.165) is 21.2 Å². The zero-order chi connectivity index (χ0) is 15.0. The van der Waals surface area contributed by atoms with E-state index < -0.39 is 0 Å². The minimum Gasteiger partial charge on any atom is -0.486 e. The number of halogens is 2. The molecule has 3 rings (SSSR count). The van der Waals surface area contributed by atoms with Gasteiger partial charge in [-0.05, 0) is 30.7 Å². The van der Waals surface area contributed by atoms with Gasteiger partial charge in [0.15, 0.2) is 11.5 Å². The summed E-state index contributed by atoms with van der Waals surface area (Å²) in [6.07, 6.45) is 1.65. The second kappa shape index (κ2) is 5.61. The summed E-state index contributed by atoms with van der Waals surface area (Å²) >= 11 is 9.60. The lowest BCUT2D eigenvalue weighted by Gasteiger charge is -2.07. The van der Waals surface area contributed by atoms with Crippen molar-refractivity contribution < 1.29 is 4.74 Å². The van der Waals surface area contributed by atoms with Crippen LogP contribution in [0.15, 0.2) is 28.9 Å². The fourth-order valence-corrected chi connectivity index (χ4v) is 2.43. The van der Waals surface area contributed by atoms with E-state index in [9.17, 15) is 0 Å². The van der Waals surface area contributed by atoms with E-state index in [4.69, 9.17) is 16.3 Å². The third-order valence-electron chi connectivity index (χ3n) is 3.09. The molecular formula is C14H12BrClN4O. The standard InChI is InChI=1S/C14H12BrClN4O/c1-8-5-9(3-4-11(8)15)21-7-12-18-13(16)10-6-17-20(2)14(10)19-12/h3-6H,7H2,1-2H3. The molecule has 0 atom stereocenters. The van der Waals surface area contributed by atoms with Crippen molar-refractivity contribution in [3.05, 3.63) is 45.4 Å². The van der Waals surface area contributed by atoms with Crippen LogP contribution in [-0.4, -0.2) is 19.7 Å². The molecule has 5 nitrogen and oxygen atoms in total. The summed E-state index contributed by atoms with van der Waals surface area (Å²) in [7, 11) is 1.81. The number of aryl methyl sites for hydroxylation is 2. The second-order valence-corrected chi connectivity index (χ2v) is 5.85. The molecule has 0 spiro atoms. The molecule has 3 aromatic rings. The average Bonchev–Trinajstić information content (AvgIpc) is 2.83. The van der Waals surface area contributed by atoms with Gasteiger partial charge in [0.1, 0.15) is 17.5 Å². The Balaban J connectivity index is 1.84. The smallest absolute Gasteiger partial charge is 0.170 e. The molecule has 0 saturated heterocycles. The molecule has 0 radical (unpaired) electrons. The first-order chi connectivity index (χ1) is 10.0. The quantitative estimate of drug-likeness (QED) is 0.663. The predicted molar refractivity (Wildman–Crippen MR) is 84.5 cm³/mol. The van der Waals surface area contributed by atoms with Crippen molar-refractivity contribution in [3.63, 3.8) is 0 Å². The van der Waals surface area contributed by atoms with Gasteiger partial charge in [0.2, 0.25) is 0 Å². The van der Waals surface area contributed by atoms with Crippen molar-refractivity contribution in [2.75, 3.05) is 0 Å². The van der Waals surface area contributed by atoms with Gasteiger partial charge < -0.3 is 4.74 Å². The molecule has 0 fully saturated rings. The summed E-state index contributed by atoms with van der Waals surface area (Å²) in [6, 6.07) is 5.79. The molecular weight excluding hydrogens is 356 g/mol.